The van der Waals surface area contributed by atoms with E-state index in [0.717, 1.165) is 31.2 Å². The third-order valence-electron chi connectivity index (χ3n) is 3.51. The van der Waals surface area contributed by atoms with E-state index in [2.05, 4.69) is 4.72 Å². The molecule has 1 aromatic carbocycles. The Kier molecular flexibility index (Phi) is 4.04. The van der Waals surface area contributed by atoms with Crippen LogP contribution in [0.3, 0.4) is 0 Å². The second-order valence-electron chi connectivity index (χ2n) is 4.94. The predicted octanol–water partition coefficient (Wildman–Crippen LogP) is 1.54. The van der Waals surface area contributed by atoms with Crippen molar-refractivity contribution in [1.82, 2.24) is 4.72 Å². The summed E-state index contributed by atoms with van der Waals surface area (Å²) in [7, 11) is -3.45. The van der Waals surface area contributed by atoms with Gasteiger partial charge in [-0.1, -0.05) is 31.0 Å². The quantitative estimate of drug-likeness (QED) is 0.873. The minimum Gasteiger partial charge on any atom is -0.326 e. The topological polar surface area (TPSA) is 72.2 Å². The summed E-state index contributed by atoms with van der Waals surface area (Å²) in [5, 5.41) is 0. The van der Waals surface area contributed by atoms with Crippen molar-refractivity contribution < 1.29 is 8.42 Å². The molecule has 2 rings (SSSR count). The summed E-state index contributed by atoms with van der Waals surface area (Å²) in [4.78, 5) is 0.350. The standard InChI is InChI=1S/C13H20N2O2S/c1-10-6-2-5-9-13(10)18(16,17)15-12-8-4-3-7-11(12)14/h2,5-6,9,11-12,15H,3-4,7-8,14H2,1H3. The average molecular weight is 268 g/mol. The minimum atomic E-state index is -3.45. The summed E-state index contributed by atoms with van der Waals surface area (Å²) in [5.41, 5.74) is 6.73. The normalized spacial score (nSPS) is 25.0. The van der Waals surface area contributed by atoms with E-state index in [1.807, 2.05) is 6.07 Å². The van der Waals surface area contributed by atoms with Crippen LogP contribution in [0, 0.1) is 6.92 Å². The average Bonchev–Trinajstić information content (AvgIpc) is 2.32. The van der Waals surface area contributed by atoms with Gasteiger partial charge in [0.05, 0.1) is 4.90 Å². The van der Waals surface area contributed by atoms with Gasteiger partial charge in [-0.3, -0.25) is 0 Å². The third kappa shape index (κ3) is 2.91. The number of nitrogens with two attached hydrogens (primary N) is 1. The second kappa shape index (κ2) is 5.38. The SMILES string of the molecule is Cc1ccccc1S(=O)(=O)NC1CCCCC1N. The van der Waals surface area contributed by atoms with Gasteiger partial charge in [-0.2, -0.15) is 0 Å². The zero-order chi connectivity index (χ0) is 13.2. The van der Waals surface area contributed by atoms with Gasteiger partial charge in [-0.25, -0.2) is 13.1 Å². The Morgan fingerprint density at radius 3 is 2.56 bits per heavy atom. The number of hydrogen-bond donors (Lipinski definition) is 2. The highest BCUT2D eigenvalue weighted by Crippen LogP contribution is 2.20. The molecular formula is C13H20N2O2S. The van der Waals surface area contributed by atoms with Gasteiger partial charge in [0.1, 0.15) is 0 Å². The summed E-state index contributed by atoms with van der Waals surface area (Å²) >= 11 is 0. The van der Waals surface area contributed by atoms with Crippen molar-refractivity contribution in [2.75, 3.05) is 0 Å². The number of rotatable bonds is 3. The first-order valence-corrected chi connectivity index (χ1v) is 7.82. The van der Waals surface area contributed by atoms with Crippen LogP contribution in [0.2, 0.25) is 0 Å². The van der Waals surface area contributed by atoms with Crippen LogP contribution in [0.15, 0.2) is 29.2 Å². The lowest BCUT2D eigenvalue weighted by molar-refractivity contribution is 0.361. The van der Waals surface area contributed by atoms with Crippen molar-refractivity contribution in [1.29, 1.82) is 0 Å². The zero-order valence-electron chi connectivity index (χ0n) is 10.6. The van der Waals surface area contributed by atoms with Crippen LogP contribution in [0.1, 0.15) is 31.2 Å². The van der Waals surface area contributed by atoms with Crippen LogP contribution in [-0.4, -0.2) is 20.5 Å². The maximum atomic E-state index is 12.3. The highest BCUT2D eigenvalue weighted by Gasteiger charge is 2.27. The molecule has 5 heteroatoms. The Morgan fingerprint density at radius 2 is 1.89 bits per heavy atom. The Morgan fingerprint density at radius 1 is 1.22 bits per heavy atom. The first kappa shape index (κ1) is 13.5. The van der Waals surface area contributed by atoms with E-state index in [-0.39, 0.29) is 12.1 Å². The van der Waals surface area contributed by atoms with Gasteiger partial charge in [0.15, 0.2) is 0 Å². The molecule has 2 unspecified atom stereocenters. The molecule has 3 N–H and O–H groups in total. The Bertz CT molecular complexity index is 513. The maximum Gasteiger partial charge on any atom is 0.241 e. The number of nitrogens with one attached hydrogen (secondary N) is 1. The van der Waals surface area contributed by atoms with E-state index >= 15 is 0 Å². The molecule has 1 aromatic rings. The molecule has 0 saturated heterocycles. The lowest BCUT2D eigenvalue weighted by Crippen LogP contribution is -2.49. The highest BCUT2D eigenvalue weighted by atomic mass is 32.2. The molecule has 0 radical (unpaired) electrons. The van der Waals surface area contributed by atoms with Gasteiger partial charge in [-0.15, -0.1) is 0 Å². The molecule has 0 aliphatic heterocycles. The number of aryl methyl sites for hydroxylation is 1. The monoisotopic (exact) mass is 268 g/mol. The van der Waals surface area contributed by atoms with Gasteiger partial charge in [-0.05, 0) is 31.4 Å². The van der Waals surface area contributed by atoms with E-state index in [4.69, 9.17) is 5.73 Å². The highest BCUT2D eigenvalue weighted by molar-refractivity contribution is 7.89. The zero-order valence-corrected chi connectivity index (χ0v) is 11.4. The van der Waals surface area contributed by atoms with Crippen molar-refractivity contribution >= 4 is 10.0 Å². The number of benzene rings is 1. The van der Waals surface area contributed by atoms with E-state index in [1.54, 1.807) is 25.1 Å². The molecule has 0 amide bonds. The largest absolute Gasteiger partial charge is 0.326 e. The van der Waals surface area contributed by atoms with Crippen molar-refractivity contribution in [3.8, 4) is 0 Å². The summed E-state index contributed by atoms with van der Waals surface area (Å²) < 4.78 is 27.3. The van der Waals surface area contributed by atoms with Crippen LogP contribution in [-0.2, 0) is 10.0 Å². The third-order valence-corrected chi connectivity index (χ3v) is 5.16. The fraction of sp³-hybridized carbons (Fsp3) is 0.538. The summed E-state index contributed by atoms with van der Waals surface area (Å²) in [6.45, 7) is 1.80. The molecule has 1 saturated carbocycles. The van der Waals surface area contributed by atoms with Gasteiger partial charge >= 0.3 is 0 Å². The summed E-state index contributed by atoms with van der Waals surface area (Å²) in [6.07, 6.45) is 3.84. The lowest BCUT2D eigenvalue weighted by atomic mass is 9.92. The molecule has 2 atom stereocenters. The Labute approximate surface area is 109 Å². The van der Waals surface area contributed by atoms with Crippen molar-refractivity contribution in [3.05, 3.63) is 29.8 Å². The first-order chi connectivity index (χ1) is 8.50. The van der Waals surface area contributed by atoms with E-state index in [9.17, 15) is 8.42 Å². The number of hydrogen-bond acceptors (Lipinski definition) is 3. The molecule has 0 heterocycles. The van der Waals surface area contributed by atoms with Crippen molar-refractivity contribution in [2.24, 2.45) is 5.73 Å². The van der Waals surface area contributed by atoms with Gasteiger partial charge in [0, 0.05) is 12.1 Å². The van der Waals surface area contributed by atoms with Crippen molar-refractivity contribution in [3.63, 3.8) is 0 Å². The van der Waals surface area contributed by atoms with Gasteiger partial charge in [0.25, 0.3) is 0 Å². The fourth-order valence-corrected chi connectivity index (χ4v) is 3.99. The van der Waals surface area contributed by atoms with Crippen molar-refractivity contribution in [2.45, 2.75) is 49.6 Å². The summed E-state index contributed by atoms with van der Waals surface area (Å²) in [6, 6.07) is 6.80. The maximum absolute atomic E-state index is 12.3. The second-order valence-corrected chi connectivity index (χ2v) is 6.62. The van der Waals surface area contributed by atoms with Gasteiger partial charge in [0.2, 0.25) is 10.0 Å². The van der Waals surface area contributed by atoms with E-state index in [1.165, 1.54) is 0 Å². The van der Waals surface area contributed by atoms with Crippen LogP contribution in [0.5, 0.6) is 0 Å². The molecule has 4 nitrogen and oxygen atoms in total. The predicted molar refractivity (Wildman–Crippen MR) is 71.7 cm³/mol. The Balaban J connectivity index is 2.19. The molecule has 0 spiro atoms. The Hall–Kier alpha value is -0.910. The van der Waals surface area contributed by atoms with Crippen LogP contribution in [0.4, 0.5) is 0 Å². The van der Waals surface area contributed by atoms with E-state index in [0.29, 0.717) is 4.90 Å². The molecule has 1 fully saturated rings. The fourth-order valence-electron chi connectivity index (χ4n) is 2.43. The van der Waals surface area contributed by atoms with Gasteiger partial charge < -0.3 is 5.73 Å². The van der Waals surface area contributed by atoms with Crippen LogP contribution in [0.25, 0.3) is 0 Å². The summed E-state index contributed by atoms with van der Waals surface area (Å²) in [5.74, 6) is 0. The molecule has 18 heavy (non-hydrogen) atoms. The number of sulfonamides is 1. The molecule has 0 bridgehead atoms. The lowest BCUT2D eigenvalue weighted by Gasteiger charge is -2.29. The minimum absolute atomic E-state index is 0.0717. The first-order valence-electron chi connectivity index (χ1n) is 6.34. The van der Waals surface area contributed by atoms with Crippen LogP contribution >= 0.6 is 0 Å². The smallest absolute Gasteiger partial charge is 0.241 e. The molecule has 1 aliphatic carbocycles. The van der Waals surface area contributed by atoms with E-state index < -0.39 is 10.0 Å². The molecule has 1 aliphatic rings. The molecule has 100 valence electrons. The molecule has 0 aromatic heterocycles. The molecular weight excluding hydrogens is 248 g/mol. The van der Waals surface area contributed by atoms with Crippen LogP contribution < -0.4 is 10.5 Å².